The maximum absolute atomic E-state index is 13.3. The van der Waals surface area contributed by atoms with Crippen molar-refractivity contribution in [2.24, 2.45) is 5.92 Å². The number of likely N-dealkylation sites (tertiary alicyclic amines) is 1. The third-order valence-electron chi connectivity index (χ3n) is 6.10. The van der Waals surface area contributed by atoms with Crippen molar-refractivity contribution in [3.63, 3.8) is 0 Å². The number of aromatic amines is 1. The Kier molecular flexibility index (Phi) is 4.42. The molecule has 0 radical (unpaired) electrons. The minimum atomic E-state index is -0.0462. The monoisotopic (exact) mass is 405 g/mol. The molecular weight excluding hydrogens is 382 g/mol. The summed E-state index contributed by atoms with van der Waals surface area (Å²) in [5, 5.41) is 0. The van der Waals surface area contributed by atoms with Crippen LogP contribution in [0.2, 0.25) is 0 Å². The standard InChI is InChI=1S/C22H23N5O3/c1-13-7-17(19(30-2)9-25-13)21(28)26-10-14-8-15(12-26)18-4-3-16(20-23-5-6-24-20)22(29)27(18)11-14/h3-7,9,14-15H,8,10-12H2,1-2H3,(H,23,24)/t14-,15+/m0/s1. The van der Waals surface area contributed by atoms with Gasteiger partial charge >= 0.3 is 0 Å². The Morgan fingerprint density at radius 1 is 1.23 bits per heavy atom. The summed E-state index contributed by atoms with van der Waals surface area (Å²) in [6, 6.07) is 5.62. The molecule has 0 aromatic carbocycles. The number of imidazole rings is 1. The third kappa shape index (κ3) is 2.99. The van der Waals surface area contributed by atoms with Crippen LogP contribution in [0, 0.1) is 12.8 Å². The number of aryl methyl sites for hydroxylation is 1. The molecule has 2 atom stereocenters. The number of hydrogen-bond donors (Lipinski definition) is 1. The zero-order chi connectivity index (χ0) is 20.8. The van der Waals surface area contributed by atoms with Crippen molar-refractivity contribution in [3.8, 4) is 17.1 Å². The molecule has 5 heterocycles. The number of ether oxygens (including phenoxy) is 1. The number of fused-ring (bicyclic) bond motifs is 4. The highest BCUT2D eigenvalue weighted by atomic mass is 16.5. The molecule has 2 aliphatic heterocycles. The van der Waals surface area contributed by atoms with Gasteiger partial charge in [0.25, 0.3) is 11.5 Å². The van der Waals surface area contributed by atoms with E-state index in [1.54, 1.807) is 31.8 Å². The molecule has 1 amide bonds. The molecule has 0 unspecified atom stereocenters. The number of rotatable bonds is 3. The fraction of sp³-hybridized carbons (Fsp3) is 0.364. The first-order chi connectivity index (χ1) is 14.5. The number of hydrogen-bond acceptors (Lipinski definition) is 5. The molecule has 2 bridgehead atoms. The number of aromatic nitrogens is 4. The number of methoxy groups -OCH3 is 1. The minimum absolute atomic E-state index is 0.0247. The summed E-state index contributed by atoms with van der Waals surface area (Å²) in [7, 11) is 1.55. The van der Waals surface area contributed by atoms with E-state index in [1.165, 1.54) is 0 Å². The molecule has 154 valence electrons. The molecule has 1 fully saturated rings. The quantitative estimate of drug-likeness (QED) is 0.721. The van der Waals surface area contributed by atoms with E-state index in [-0.39, 0.29) is 23.3 Å². The fourth-order valence-electron chi connectivity index (χ4n) is 4.75. The molecule has 0 saturated carbocycles. The molecule has 8 heteroatoms. The number of H-pyrrole nitrogens is 1. The van der Waals surface area contributed by atoms with E-state index in [9.17, 15) is 9.59 Å². The van der Waals surface area contributed by atoms with Crippen molar-refractivity contribution in [3.05, 3.63) is 64.1 Å². The summed E-state index contributed by atoms with van der Waals surface area (Å²) in [5.41, 5.74) is 2.85. The smallest absolute Gasteiger partial charge is 0.261 e. The summed E-state index contributed by atoms with van der Waals surface area (Å²) < 4.78 is 7.23. The molecule has 3 aromatic heterocycles. The van der Waals surface area contributed by atoms with Gasteiger partial charge in [0.15, 0.2) is 0 Å². The summed E-state index contributed by atoms with van der Waals surface area (Å²) in [4.78, 5) is 39.7. The molecule has 8 nitrogen and oxygen atoms in total. The van der Waals surface area contributed by atoms with Crippen LogP contribution in [0.3, 0.4) is 0 Å². The number of carbonyl (C=O) groups excluding carboxylic acids is 1. The number of pyridine rings is 2. The lowest BCUT2D eigenvalue weighted by Gasteiger charge is -2.43. The van der Waals surface area contributed by atoms with Crippen molar-refractivity contribution in [1.82, 2.24) is 24.4 Å². The van der Waals surface area contributed by atoms with Gasteiger partial charge in [-0.2, -0.15) is 0 Å². The molecule has 1 N–H and O–H groups in total. The van der Waals surface area contributed by atoms with Crippen molar-refractivity contribution >= 4 is 5.91 Å². The number of amides is 1. The second kappa shape index (κ2) is 7.12. The Bertz CT molecular complexity index is 1170. The zero-order valence-electron chi connectivity index (χ0n) is 17.0. The molecule has 0 spiro atoms. The Morgan fingerprint density at radius 2 is 2.10 bits per heavy atom. The normalized spacial score (nSPS) is 20.0. The average molecular weight is 405 g/mol. The van der Waals surface area contributed by atoms with Gasteiger partial charge in [-0.1, -0.05) is 0 Å². The predicted molar refractivity (Wildman–Crippen MR) is 111 cm³/mol. The van der Waals surface area contributed by atoms with Crippen LogP contribution < -0.4 is 10.3 Å². The first-order valence-corrected chi connectivity index (χ1v) is 10.1. The highest BCUT2D eigenvalue weighted by Crippen LogP contribution is 2.36. The molecule has 30 heavy (non-hydrogen) atoms. The first-order valence-electron chi connectivity index (χ1n) is 10.1. The van der Waals surface area contributed by atoms with Crippen molar-refractivity contribution in [1.29, 1.82) is 0 Å². The van der Waals surface area contributed by atoms with Crippen molar-refractivity contribution < 1.29 is 9.53 Å². The Morgan fingerprint density at radius 3 is 2.87 bits per heavy atom. The maximum atomic E-state index is 13.3. The lowest BCUT2D eigenvalue weighted by molar-refractivity contribution is 0.0591. The minimum Gasteiger partial charge on any atom is -0.494 e. The number of nitrogens with one attached hydrogen (secondary N) is 1. The molecule has 2 aliphatic rings. The summed E-state index contributed by atoms with van der Waals surface area (Å²) in [5.74, 6) is 1.39. The highest BCUT2D eigenvalue weighted by molar-refractivity contribution is 5.97. The van der Waals surface area contributed by atoms with Gasteiger partial charge in [-0.05, 0) is 37.5 Å². The summed E-state index contributed by atoms with van der Waals surface area (Å²) in [6.07, 6.45) is 5.94. The van der Waals surface area contributed by atoms with Gasteiger partial charge in [-0.15, -0.1) is 0 Å². The summed E-state index contributed by atoms with van der Waals surface area (Å²) >= 11 is 0. The van der Waals surface area contributed by atoms with Gasteiger partial charge < -0.3 is 19.2 Å². The molecule has 5 rings (SSSR count). The second-order valence-electron chi connectivity index (χ2n) is 8.06. The van der Waals surface area contributed by atoms with Crippen LogP contribution in [-0.2, 0) is 6.54 Å². The van der Waals surface area contributed by atoms with Crippen LogP contribution in [-0.4, -0.2) is 50.5 Å². The zero-order valence-corrected chi connectivity index (χ0v) is 17.0. The van der Waals surface area contributed by atoms with Crippen LogP contribution in [0.1, 0.15) is 34.1 Å². The number of carbonyl (C=O) groups is 1. The molecule has 0 aliphatic carbocycles. The lowest BCUT2D eigenvalue weighted by Crippen LogP contribution is -2.49. The van der Waals surface area contributed by atoms with Crippen LogP contribution in [0.25, 0.3) is 11.4 Å². The average Bonchev–Trinajstić information content (AvgIpc) is 3.28. The predicted octanol–water partition coefficient (Wildman–Crippen LogP) is 2.21. The maximum Gasteiger partial charge on any atom is 0.261 e. The van der Waals surface area contributed by atoms with Gasteiger partial charge in [-0.3, -0.25) is 14.6 Å². The largest absolute Gasteiger partial charge is 0.494 e. The van der Waals surface area contributed by atoms with Gasteiger partial charge in [0.2, 0.25) is 0 Å². The van der Waals surface area contributed by atoms with Crippen LogP contribution in [0.4, 0.5) is 0 Å². The molecule has 1 saturated heterocycles. The van der Waals surface area contributed by atoms with E-state index in [4.69, 9.17) is 4.74 Å². The van der Waals surface area contributed by atoms with Gasteiger partial charge in [0, 0.05) is 49.3 Å². The third-order valence-corrected chi connectivity index (χ3v) is 6.10. The van der Waals surface area contributed by atoms with Crippen LogP contribution in [0.5, 0.6) is 5.75 Å². The van der Waals surface area contributed by atoms with Crippen molar-refractivity contribution in [2.75, 3.05) is 20.2 Å². The van der Waals surface area contributed by atoms with Gasteiger partial charge in [-0.25, -0.2) is 4.98 Å². The Hall–Kier alpha value is -3.42. The van der Waals surface area contributed by atoms with Crippen molar-refractivity contribution in [2.45, 2.75) is 25.8 Å². The lowest BCUT2D eigenvalue weighted by atomic mass is 9.82. The Labute approximate surface area is 173 Å². The number of nitrogens with zero attached hydrogens (tertiary/aromatic N) is 4. The topological polar surface area (TPSA) is 93.1 Å². The van der Waals surface area contributed by atoms with E-state index < -0.39 is 0 Å². The van der Waals surface area contributed by atoms with E-state index in [1.807, 2.05) is 28.5 Å². The fourth-order valence-corrected chi connectivity index (χ4v) is 4.75. The highest BCUT2D eigenvalue weighted by Gasteiger charge is 2.37. The van der Waals surface area contributed by atoms with Gasteiger partial charge in [0.1, 0.15) is 11.6 Å². The van der Waals surface area contributed by atoms with E-state index >= 15 is 0 Å². The Balaban J connectivity index is 1.47. The summed E-state index contributed by atoms with van der Waals surface area (Å²) in [6.45, 7) is 3.67. The van der Waals surface area contributed by atoms with Crippen LogP contribution in [0.15, 0.2) is 41.6 Å². The van der Waals surface area contributed by atoms with E-state index in [0.717, 1.165) is 17.8 Å². The second-order valence-corrected chi connectivity index (χ2v) is 8.06. The van der Waals surface area contributed by atoms with E-state index in [0.29, 0.717) is 42.3 Å². The van der Waals surface area contributed by atoms with E-state index in [2.05, 4.69) is 15.0 Å². The first kappa shape index (κ1) is 18.6. The van der Waals surface area contributed by atoms with Gasteiger partial charge in [0.05, 0.1) is 24.4 Å². The number of piperidine rings is 1. The molecule has 3 aromatic rings. The SMILES string of the molecule is COc1cnc(C)cc1C(=O)N1C[C@@H]2C[C@H](C1)c1ccc(-c3ncc[nH]3)c(=O)n1C2. The molecular formula is C22H23N5O3. The van der Waals surface area contributed by atoms with Crippen LogP contribution >= 0.6 is 0 Å².